The molecule has 0 bridgehead atoms. The molecule has 0 aliphatic heterocycles. The molecular formula is C44H26N4OS. The fourth-order valence-corrected chi connectivity index (χ4v) is 7.83. The van der Waals surface area contributed by atoms with Gasteiger partial charge in [-0.25, -0.2) is 19.9 Å². The molecule has 0 saturated heterocycles. The monoisotopic (exact) mass is 658 g/mol. The summed E-state index contributed by atoms with van der Waals surface area (Å²) in [5.74, 6) is 2.59. The largest absolute Gasteiger partial charge is 0.436 e. The van der Waals surface area contributed by atoms with E-state index in [0.29, 0.717) is 23.4 Å². The minimum Gasteiger partial charge on any atom is -0.436 e. The smallest absolute Gasteiger partial charge is 0.227 e. The van der Waals surface area contributed by atoms with E-state index < -0.39 is 0 Å². The molecule has 10 rings (SSSR count). The molecule has 0 aliphatic rings. The Hall–Kier alpha value is -6.50. The van der Waals surface area contributed by atoms with Crippen molar-refractivity contribution in [2.75, 3.05) is 0 Å². The fourth-order valence-electron chi connectivity index (χ4n) is 6.68. The van der Waals surface area contributed by atoms with Crippen LogP contribution < -0.4 is 0 Å². The van der Waals surface area contributed by atoms with Crippen LogP contribution in [0.25, 0.3) is 98.8 Å². The average Bonchev–Trinajstić information content (AvgIpc) is 3.78. The molecule has 3 aromatic heterocycles. The standard InChI is InChI=1S/C44H26N4OS/c1-4-11-27(12-5-1)41-46-42(28-13-6-2-7-14-28)48-43(47-41)33-22-20-30-23-32(21-19-31(30)24-33)34-17-10-18-38-40(34)35-25-37-36(26-39(35)50-38)45-44(49-37)29-15-8-3-9-16-29/h1-26H. The van der Waals surface area contributed by atoms with Gasteiger partial charge in [-0.3, -0.25) is 0 Å². The van der Waals surface area contributed by atoms with Gasteiger partial charge >= 0.3 is 0 Å². The van der Waals surface area contributed by atoms with Crippen molar-refractivity contribution in [3.8, 4) is 56.7 Å². The van der Waals surface area contributed by atoms with Crippen LogP contribution in [-0.2, 0) is 0 Å². The molecule has 0 radical (unpaired) electrons. The molecule has 5 nitrogen and oxygen atoms in total. The first-order chi connectivity index (χ1) is 24.7. The normalized spacial score (nSPS) is 11.6. The van der Waals surface area contributed by atoms with Crippen LogP contribution in [0, 0.1) is 0 Å². The Kier molecular flexibility index (Phi) is 6.60. The van der Waals surface area contributed by atoms with Crippen molar-refractivity contribution in [1.29, 1.82) is 0 Å². The van der Waals surface area contributed by atoms with Gasteiger partial charge in [-0.05, 0) is 64.4 Å². The van der Waals surface area contributed by atoms with Crippen LogP contribution in [0.2, 0.25) is 0 Å². The highest BCUT2D eigenvalue weighted by atomic mass is 32.1. The molecule has 0 N–H and O–H groups in total. The highest BCUT2D eigenvalue weighted by Crippen LogP contribution is 2.42. The lowest BCUT2D eigenvalue weighted by Gasteiger charge is -2.10. The summed E-state index contributed by atoms with van der Waals surface area (Å²) < 4.78 is 8.71. The van der Waals surface area contributed by atoms with Crippen molar-refractivity contribution in [2.24, 2.45) is 0 Å². The molecule has 10 aromatic rings. The van der Waals surface area contributed by atoms with Gasteiger partial charge in [0.25, 0.3) is 0 Å². The molecule has 3 heterocycles. The van der Waals surface area contributed by atoms with Crippen LogP contribution in [0.15, 0.2) is 162 Å². The molecule has 6 heteroatoms. The maximum Gasteiger partial charge on any atom is 0.227 e. The molecule has 0 fully saturated rings. The number of nitrogens with zero attached hydrogens (tertiary/aromatic N) is 4. The van der Waals surface area contributed by atoms with E-state index in [-0.39, 0.29) is 0 Å². The topological polar surface area (TPSA) is 64.7 Å². The second-order valence-corrected chi connectivity index (χ2v) is 13.4. The number of rotatable bonds is 5. The fraction of sp³-hybridized carbons (Fsp3) is 0. The van der Waals surface area contributed by atoms with Crippen LogP contribution in [0.1, 0.15) is 0 Å². The zero-order valence-electron chi connectivity index (χ0n) is 26.6. The lowest BCUT2D eigenvalue weighted by Crippen LogP contribution is -2.00. The lowest BCUT2D eigenvalue weighted by atomic mass is 9.96. The highest BCUT2D eigenvalue weighted by Gasteiger charge is 2.17. The summed E-state index contributed by atoms with van der Waals surface area (Å²) in [5.41, 5.74) is 7.84. The average molecular weight is 659 g/mol. The van der Waals surface area contributed by atoms with Gasteiger partial charge in [0.2, 0.25) is 5.89 Å². The van der Waals surface area contributed by atoms with Crippen LogP contribution in [0.5, 0.6) is 0 Å². The number of oxazole rings is 1. The summed E-state index contributed by atoms with van der Waals surface area (Å²) >= 11 is 1.79. The van der Waals surface area contributed by atoms with Crippen molar-refractivity contribution >= 4 is 53.4 Å². The lowest BCUT2D eigenvalue weighted by molar-refractivity contribution is 0.620. The van der Waals surface area contributed by atoms with Gasteiger partial charge in [-0.2, -0.15) is 0 Å². The van der Waals surface area contributed by atoms with Gasteiger partial charge in [0, 0.05) is 42.4 Å². The third-order valence-corrected chi connectivity index (χ3v) is 10.3. The first-order valence-corrected chi connectivity index (χ1v) is 17.3. The van der Waals surface area contributed by atoms with Crippen molar-refractivity contribution in [3.63, 3.8) is 0 Å². The zero-order valence-corrected chi connectivity index (χ0v) is 27.4. The number of aromatic nitrogens is 4. The van der Waals surface area contributed by atoms with Crippen molar-refractivity contribution < 1.29 is 4.42 Å². The van der Waals surface area contributed by atoms with E-state index in [1.807, 2.05) is 91.0 Å². The molecule has 50 heavy (non-hydrogen) atoms. The third kappa shape index (κ3) is 4.93. The number of hydrogen-bond donors (Lipinski definition) is 0. The van der Waals surface area contributed by atoms with Gasteiger partial charge in [-0.1, -0.05) is 115 Å². The zero-order chi connectivity index (χ0) is 33.0. The second-order valence-electron chi connectivity index (χ2n) is 12.3. The third-order valence-electron chi connectivity index (χ3n) is 9.13. The Balaban J connectivity index is 1.06. The molecule has 0 saturated carbocycles. The van der Waals surface area contributed by atoms with Crippen LogP contribution >= 0.6 is 11.3 Å². The second kappa shape index (κ2) is 11.6. The molecule has 234 valence electrons. The summed E-state index contributed by atoms with van der Waals surface area (Å²) in [4.78, 5) is 19.5. The van der Waals surface area contributed by atoms with Crippen molar-refractivity contribution in [1.82, 2.24) is 19.9 Å². The highest BCUT2D eigenvalue weighted by molar-refractivity contribution is 7.26. The molecule has 0 spiro atoms. The maximum absolute atomic E-state index is 6.28. The number of benzene rings is 7. The van der Waals surface area contributed by atoms with Gasteiger partial charge in [0.1, 0.15) is 5.52 Å². The Bertz CT molecular complexity index is 2810. The minimum atomic E-state index is 0.640. The Morgan fingerprint density at radius 3 is 1.66 bits per heavy atom. The number of thiophene rings is 1. The van der Waals surface area contributed by atoms with Crippen LogP contribution in [0.4, 0.5) is 0 Å². The molecule has 7 aromatic carbocycles. The maximum atomic E-state index is 6.28. The SMILES string of the molecule is c1ccc(-c2nc(-c3ccccc3)nc(-c3ccc4cc(-c5cccc6sc7cc8nc(-c9ccccc9)oc8cc7c56)ccc4c3)n2)cc1. The summed E-state index contributed by atoms with van der Waals surface area (Å²) in [6.45, 7) is 0. The van der Waals surface area contributed by atoms with Gasteiger partial charge < -0.3 is 4.42 Å². The van der Waals surface area contributed by atoms with Crippen LogP contribution in [0.3, 0.4) is 0 Å². The number of fused-ring (bicyclic) bond motifs is 5. The number of hydrogen-bond acceptors (Lipinski definition) is 6. The summed E-state index contributed by atoms with van der Waals surface area (Å²) in [6.07, 6.45) is 0. The minimum absolute atomic E-state index is 0.640. The van der Waals surface area contributed by atoms with E-state index in [9.17, 15) is 0 Å². The van der Waals surface area contributed by atoms with E-state index in [4.69, 9.17) is 24.4 Å². The van der Waals surface area contributed by atoms with Crippen molar-refractivity contribution in [2.45, 2.75) is 0 Å². The molecular weight excluding hydrogens is 633 g/mol. The van der Waals surface area contributed by atoms with Crippen LogP contribution in [-0.4, -0.2) is 19.9 Å². The predicted octanol–water partition coefficient (Wildman–Crippen LogP) is 11.9. The molecule has 0 unspecified atom stereocenters. The quantitative estimate of drug-likeness (QED) is 0.184. The first kappa shape index (κ1) is 28.5. The van der Waals surface area contributed by atoms with Gasteiger partial charge in [-0.15, -0.1) is 11.3 Å². The van der Waals surface area contributed by atoms with E-state index in [1.54, 1.807) is 11.3 Å². The van der Waals surface area contributed by atoms with Gasteiger partial charge in [0.15, 0.2) is 23.1 Å². The predicted molar refractivity (Wildman–Crippen MR) is 205 cm³/mol. The van der Waals surface area contributed by atoms with Crippen molar-refractivity contribution in [3.05, 3.63) is 158 Å². The van der Waals surface area contributed by atoms with E-state index in [0.717, 1.165) is 49.7 Å². The molecule has 0 amide bonds. The van der Waals surface area contributed by atoms with Gasteiger partial charge in [0.05, 0.1) is 0 Å². The summed E-state index contributed by atoms with van der Waals surface area (Å²) in [5, 5.41) is 4.68. The van der Waals surface area contributed by atoms with E-state index >= 15 is 0 Å². The first-order valence-electron chi connectivity index (χ1n) is 16.5. The Morgan fingerprint density at radius 2 is 1.00 bits per heavy atom. The Morgan fingerprint density at radius 1 is 0.420 bits per heavy atom. The van der Waals surface area contributed by atoms with E-state index in [2.05, 4.69) is 66.7 Å². The Labute approximate surface area is 291 Å². The molecule has 0 atom stereocenters. The summed E-state index contributed by atoms with van der Waals surface area (Å²) in [6, 6.07) is 54.2. The van der Waals surface area contributed by atoms with E-state index in [1.165, 1.54) is 25.7 Å². The summed E-state index contributed by atoms with van der Waals surface area (Å²) in [7, 11) is 0. The molecule has 0 aliphatic carbocycles.